The van der Waals surface area contributed by atoms with Crippen molar-refractivity contribution < 1.29 is 9.59 Å². The first-order valence-corrected chi connectivity index (χ1v) is 9.60. The van der Waals surface area contributed by atoms with Crippen LogP contribution in [-0.2, 0) is 11.2 Å². The smallest absolute Gasteiger partial charge is 0.228 e. The van der Waals surface area contributed by atoms with E-state index in [1.165, 1.54) is 5.56 Å². The molecule has 0 unspecified atom stereocenters. The fourth-order valence-electron chi connectivity index (χ4n) is 2.96. The molecule has 0 atom stereocenters. The van der Waals surface area contributed by atoms with Crippen LogP contribution in [0.5, 0.6) is 0 Å². The van der Waals surface area contributed by atoms with Gasteiger partial charge in [-0.15, -0.1) is 0 Å². The van der Waals surface area contributed by atoms with Crippen molar-refractivity contribution in [1.82, 2.24) is 0 Å². The molecule has 1 amide bonds. The first-order chi connectivity index (χ1) is 13.4. The first-order valence-electron chi connectivity index (χ1n) is 9.22. The highest BCUT2D eigenvalue weighted by molar-refractivity contribution is 6.31. The number of amides is 1. The summed E-state index contributed by atoms with van der Waals surface area (Å²) in [7, 11) is 0. The second-order valence-corrected chi connectivity index (χ2v) is 7.44. The van der Waals surface area contributed by atoms with Gasteiger partial charge in [0.25, 0.3) is 0 Å². The lowest BCUT2D eigenvalue weighted by molar-refractivity contribution is -0.115. The predicted molar refractivity (Wildman–Crippen MR) is 114 cm³/mol. The van der Waals surface area contributed by atoms with E-state index in [1.807, 2.05) is 30.3 Å². The lowest BCUT2D eigenvalue weighted by atomic mass is 10.00. The number of benzene rings is 3. The van der Waals surface area contributed by atoms with Gasteiger partial charge in [-0.05, 0) is 35.2 Å². The molecule has 1 N–H and O–H groups in total. The van der Waals surface area contributed by atoms with Crippen LogP contribution in [0, 0.1) is 0 Å². The highest BCUT2D eigenvalue weighted by atomic mass is 35.5. The Bertz CT molecular complexity index is 979. The van der Waals surface area contributed by atoms with Crippen LogP contribution in [0.3, 0.4) is 0 Å². The van der Waals surface area contributed by atoms with Crippen molar-refractivity contribution in [2.24, 2.45) is 0 Å². The number of anilines is 1. The van der Waals surface area contributed by atoms with Crippen LogP contribution >= 0.6 is 11.6 Å². The normalized spacial score (nSPS) is 10.7. The van der Waals surface area contributed by atoms with Crippen LogP contribution < -0.4 is 5.32 Å². The average Bonchev–Trinajstić information content (AvgIpc) is 2.70. The van der Waals surface area contributed by atoms with Crippen LogP contribution in [0.25, 0.3) is 0 Å². The second kappa shape index (κ2) is 8.85. The minimum atomic E-state index is -0.181. The molecule has 0 aliphatic heterocycles. The third-order valence-corrected chi connectivity index (χ3v) is 4.78. The van der Waals surface area contributed by atoms with E-state index < -0.39 is 0 Å². The third-order valence-electron chi connectivity index (χ3n) is 4.55. The minimum Gasteiger partial charge on any atom is -0.325 e. The lowest BCUT2D eigenvalue weighted by Gasteiger charge is -2.12. The number of hydrogen-bond acceptors (Lipinski definition) is 2. The standard InChI is InChI=1S/C24H22ClNO2/c1-16(2)18-10-8-17(9-11-18)14-23(27)26-22-13-12-20(25)15-21(22)24(28)19-6-4-3-5-7-19/h3-13,15-16H,14H2,1-2H3,(H,26,27). The SMILES string of the molecule is CC(C)c1ccc(CC(=O)Nc2ccc(Cl)cc2C(=O)c2ccccc2)cc1. The molecule has 0 heterocycles. The molecule has 0 aromatic heterocycles. The molecule has 0 saturated carbocycles. The van der Waals surface area contributed by atoms with Gasteiger partial charge in [0.1, 0.15) is 0 Å². The van der Waals surface area contributed by atoms with Gasteiger partial charge in [-0.2, -0.15) is 0 Å². The largest absolute Gasteiger partial charge is 0.325 e. The summed E-state index contributed by atoms with van der Waals surface area (Å²) in [4.78, 5) is 25.4. The molecule has 0 spiro atoms. The van der Waals surface area contributed by atoms with Gasteiger partial charge in [-0.1, -0.05) is 80.0 Å². The summed E-state index contributed by atoms with van der Waals surface area (Å²) in [6.07, 6.45) is 0.236. The Hall–Kier alpha value is -2.91. The number of nitrogens with one attached hydrogen (secondary N) is 1. The number of hydrogen-bond donors (Lipinski definition) is 1. The number of rotatable bonds is 6. The zero-order valence-electron chi connectivity index (χ0n) is 15.9. The Balaban J connectivity index is 1.78. The van der Waals surface area contributed by atoms with Crippen LogP contribution in [0.2, 0.25) is 5.02 Å². The zero-order valence-corrected chi connectivity index (χ0v) is 16.7. The molecule has 28 heavy (non-hydrogen) atoms. The Kier molecular flexibility index (Phi) is 6.27. The minimum absolute atomic E-state index is 0.179. The molecule has 0 aliphatic rings. The Morgan fingerprint density at radius 2 is 1.61 bits per heavy atom. The van der Waals surface area contributed by atoms with Gasteiger partial charge in [0, 0.05) is 16.1 Å². The van der Waals surface area contributed by atoms with Gasteiger partial charge < -0.3 is 5.32 Å². The Labute approximate surface area is 170 Å². The van der Waals surface area contributed by atoms with Crippen molar-refractivity contribution in [3.05, 3.63) is 100 Å². The highest BCUT2D eigenvalue weighted by Gasteiger charge is 2.16. The fraction of sp³-hybridized carbons (Fsp3) is 0.167. The van der Waals surface area contributed by atoms with Crippen LogP contribution in [0.4, 0.5) is 5.69 Å². The van der Waals surface area contributed by atoms with E-state index in [0.717, 1.165) is 5.56 Å². The molecule has 3 rings (SSSR count). The highest BCUT2D eigenvalue weighted by Crippen LogP contribution is 2.24. The topological polar surface area (TPSA) is 46.2 Å². The van der Waals surface area contributed by atoms with Gasteiger partial charge in [0.15, 0.2) is 5.78 Å². The van der Waals surface area contributed by atoms with E-state index >= 15 is 0 Å². The quantitative estimate of drug-likeness (QED) is 0.533. The lowest BCUT2D eigenvalue weighted by Crippen LogP contribution is -2.17. The molecular formula is C24H22ClNO2. The van der Waals surface area contributed by atoms with Gasteiger partial charge in [-0.3, -0.25) is 9.59 Å². The van der Waals surface area contributed by atoms with Gasteiger partial charge in [-0.25, -0.2) is 0 Å². The van der Waals surface area contributed by atoms with Crippen molar-refractivity contribution in [2.45, 2.75) is 26.2 Å². The first kappa shape index (κ1) is 19.8. The number of ketones is 1. The van der Waals surface area contributed by atoms with Crippen molar-refractivity contribution in [1.29, 1.82) is 0 Å². The van der Waals surface area contributed by atoms with Crippen LogP contribution in [0.15, 0.2) is 72.8 Å². The summed E-state index contributed by atoms with van der Waals surface area (Å²) in [6, 6.07) is 21.9. The molecule has 3 nitrogen and oxygen atoms in total. The monoisotopic (exact) mass is 391 g/mol. The summed E-state index contributed by atoms with van der Waals surface area (Å²) >= 11 is 6.09. The van der Waals surface area contributed by atoms with Gasteiger partial charge >= 0.3 is 0 Å². The molecule has 0 saturated heterocycles. The third kappa shape index (κ3) is 4.87. The summed E-state index contributed by atoms with van der Waals surface area (Å²) in [6.45, 7) is 4.26. The van der Waals surface area contributed by atoms with Crippen molar-refractivity contribution in [3.8, 4) is 0 Å². The van der Waals surface area contributed by atoms with Crippen LogP contribution in [0.1, 0.15) is 46.8 Å². The average molecular weight is 392 g/mol. The molecular weight excluding hydrogens is 370 g/mol. The molecule has 0 aliphatic carbocycles. The van der Waals surface area contributed by atoms with Crippen molar-refractivity contribution in [2.75, 3.05) is 5.32 Å². The fourth-order valence-corrected chi connectivity index (χ4v) is 3.13. The summed E-state index contributed by atoms with van der Waals surface area (Å²) in [5.74, 6) is 0.0879. The molecule has 0 fully saturated rings. The van der Waals surface area contributed by atoms with E-state index in [4.69, 9.17) is 11.6 Å². The van der Waals surface area contributed by atoms with E-state index in [0.29, 0.717) is 27.8 Å². The molecule has 3 aromatic rings. The number of halogens is 1. The number of carbonyl (C=O) groups is 2. The van der Waals surface area contributed by atoms with E-state index in [1.54, 1.807) is 42.5 Å². The summed E-state index contributed by atoms with van der Waals surface area (Å²) in [5.41, 5.74) is 3.54. The van der Waals surface area contributed by atoms with E-state index in [-0.39, 0.29) is 18.1 Å². The maximum atomic E-state index is 12.9. The van der Waals surface area contributed by atoms with Crippen LogP contribution in [-0.4, -0.2) is 11.7 Å². The summed E-state index contributed by atoms with van der Waals surface area (Å²) < 4.78 is 0. The molecule has 0 radical (unpaired) electrons. The van der Waals surface area contributed by atoms with E-state index in [2.05, 4.69) is 19.2 Å². The maximum Gasteiger partial charge on any atom is 0.228 e. The molecule has 3 aromatic carbocycles. The van der Waals surface area contributed by atoms with E-state index in [9.17, 15) is 9.59 Å². The Morgan fingerprint density at radius 3 is 2.25 bits per heavy atom. The second-order valence-electron chi connectivity index (χ2n) is 7.01. The van der Waals surface area contributed by atoms with Gasteiger partial charge in [0.05, 0.1) is 12.1 Å². The molecule has 142 valence electrons. The Morgan fingerprint density at radius 1 is 0.929 bits per heavy atom. The number of carbonyl (C=O) groups excluding carboxylic acids is 2. The van der Waals surface area contributed by atoms with Gasteiger partial charge in [0.2, 0.25) is 5.91 Å². The van der Waals surface area contributed by atoms with Crippen molar-refractivity contribution in [3.63, 3.8) is 0 Å². The molecule has 0 bridgehead atoms. The maximum absolute atomic E-state index is 12.9. The van der Waals surface area contributed by atoms with Crippen molar-refractivity contribution >= 4 is 29.0 Å². The summed E-state index contributed by atoms with van der Waals surface area (Å²) in [5, 5.41) is 3.30. The molecule has 4 heteroatoms. The predicted octanol–water partition coefficient (Wildman–Crippen LogP) is 5.88. The zero-order chi connectivity index (χ0) is 20.1.